The lowest BCUT2D eigenvalue weighted by Gasteiger charge is -2.42. The van der Waals surface area contributed by atoms with Crippen molar-refractivity contribution in [1.82, 2.24) is 4.90 Å². The van der Waals surface area contributed by atoms with E-state index in [-0.39, 0.29) is 60.9 Å². The Morgan fingerprint density at radius 1 is 0.824 bits per heavy atom. The molecule has 1 amide bonds. The second-order valence-corrected chi connectivity index (χ2v) is 20.4. The summed E-state index contributed by atoms with van der Waals surface area (Å²) in [6.07, 6.45) is 12.6. The number of nitrogens with zero attached hydrogens (tertiary/aromatic N) is 1. The Morgan fingerprint density at radius 3 is 2.22 bits per heavy atom. The predicted molar refractivity (Wildman–Crippen MR) is 256 cm³/mol. The highest BCUT2D eigenvalue weighted by molar-refractivity contribution is 6.39. The molecular weight excluding hydrogens is 875 g/mol. The SMILES string of the molecule is CO.COC1CC2CCC(C)C(O)(O2)C(=O)C(=O)N2CCCCC2C(=O)OC(C(C)CC2CCC(O)C(C)C2)CC(=O)C(C)/C=C(\C)C2OC(=O)OC(C(C)CC(C)/C=C/C=C/C=C1C)C2OC. The van der Waals surface area contributed by atoms with Crippen LogP contribution in [0.4, 0.5) is 4.79 Å². The summed E-state index contributed by atoms with van der Waals surface area (Å²) in [5.41, 5.74) is 1.52. The van der Waals surface area contributed by atoms with Gasteiger partial charge in [0.15, 0.2) is 6.10 Å². The van der Waals surface area contributed by atoms with Gasteiger partial charge in [0, 0.05) is 52.6 Å². The fraction of sp³-hybridized carbons (Fsp3) is 0.755. The Morgan fingerprint density at radius 2 is 1.54 bits per heavy atom. The first kappa shape index (κ1) is 56.9. The fourth-order valence-electron chi connectivity index (χ4n) is 10.9. The van der Waals surface area contributed by atoms with Gasteiger partial charge in [0.05, 0.1) is 18.3 Å². The Balaban J connectivity index is 0.00000497. The fourth-order valence-corrected chi connectivity index (χ4v) is 10.9. The van der Waals surface area contributed by atoms with Gasteiger partial charge in [0.1, 0.15) is 30.1 Å². The second kappa shape index (κ2) is 26.5. The molecule has 3 saturated heterocycles. The number of hydrogen-bond acceptors (Lipinski definition) is 14. The molecule has 0 radical (unpaired) electrons. The monoisotopic (exact) mass is 958 g/mol. The summed E-state index contributed by atoms with van der Waals surface area (Å²) in [6, 6.07) is -1.11. The molecule has 0 spiro atoms. The third kappa shape index (κ3) is 14.7. The standard InChI is InChI=1S/C52H79NO13.CH4O/c1-30-16-12-11-13-17-31(2)43(61-9)28-39-21-19-37(8)52(60,66-39)48(56)49(57)53-23-15-14-18-40(53)50(58)63-44(34(5)27-38-20-22-41(54)33(4)26-38)29-42(55)32(3)25-36(7)46-47(62-10)45(35(6)24-30)64-51(59)65-46;1-2/h11-13,16-17,25,30,32-35,37-41,43-47,54,60H,14-15,18-24,26-29H2,1-10H3;2H,1H3/b13-11+,16-12+,31-17?,36-25+;. The first-order chi connectivity index (χ1) is 32.3. The van der Waals surface area contributed by atoms with Crippen molar-refractivity contribution in [2.75, 3.05) is 27.9 Å². The van der Waals surface area contributed by atoms with Crippen LogP contribution in [0.2, 0.25) is 0 Å². The summed E-state index contributed by atoms with van der Waals surface area (Å²) in [5, 5.41) is 29.4. The maximum absolute atomic E-state index is 14.4. The van der Waals surface area contributed by atoms with Crippen molar-refractivity contribution in [3.8, 4) is 0 Å². The summed E-state index contributed by atoms with van der Waals surface area (Å²) in [5.74, 6) is -6.72. The van der Waals surface area contributed by atoms with Crippen LogP contribution in [0.3, 0.4) is 0 Å². The molecule has 384 valence electrons. The second-order valence-electron chi connectivity index (χ2n) is 20.4. The summed E-state index contributed by atoms with van der Waals surface area (Å²) in [4.78, 5) is 71.3. The number of carbonyl (C=O) groups excluding carboxylic acids is 5. The van der Waals surface area contributed by atoms with E-state index < -0.39 is 84.1 Å². The van der Waals surface area contributed by atoms with E-state index in [1.165, 1.54) is 4.90 Å². The molecule has 16 unspecified atom stereocenters. The van der Waals surface area contributed by atoms with Gasteiger partial charge < -0.3 is 48.6 Å². The first-order valence-corrected chi connectivity index (χ1v) is 25.0. The Hall–Kier alpha value is -3.73. The Kier molecular flexibility index (Phi) is 22.1. The normalized spacial score (nSPS) is 39.8. The molecule has 5 aliphatic rings. The van der Waals surface area contributed by atoms with E-state index in [0.29, 0.717) is 56.9 Å². The van der Waals surface area contributed by atoms with Gasteiger partial charge in [-0.15, -0.1) is 0 Å². The van der Waals surface area contributed by atoms with Crippen LogP contribution in [-0.4, -0.2) is 132 Å². The van der Waals surface area contributed by atoms with E-state index in [0.717, 1.165) is 25.5 Å². The summed E-state index contributed by atoms with van der Waals surface area (Å²) < 4.78 is 35.8. The smallest absolute Gasteiger partial charge is 0.460 e. The largest absolute Gasteiger partial charge is 0.509 e. The van der Waals surface area contributed by atoms with Crippen molar-refractivity contribution in [3.05, 3.63) is 47.6 Å². The van der Waals surface area contributed by atoms with E-state index in [9.17, 15) is 34.2 Å². The van der Waals surface area contributed by atoms with Gasteiger partial charge in [-0.3, -0.25) is 14.4 Å². The van der Waals surface area contributed by atoms with Crippen molar-refractivity contribution in [2.24, 2.45) is 41.4 Å². The van der Waals surface area contributed by atoms with Crippen LogP contribution in [-0.2, 0) is 47.6 Å². The average molecular weight is 958 g/mol. The van der Waals surface area contributed by atoms with E-state index in [1.54, 1.807) is 41.1 Å². The summed E-state index contributed by atoms with van der Waals surface area (Å²) >= 11 is 0. The number of Topliss-reactive ketones (excluding diaryl/α,β-unsaturated/α-hetero) is 2. The zero-order chi connectivity index (χ0) is 50.5. The molecule has 4 bridgehead atoms. The summed E-state index contributed by atoms with van der Waals surface area (Å²) in [6.45, 7) is 15.4. The molecule has 68 heavy (non-hydrogen) atoms. The van der Waals surface area contributed by atoms with Gasteiger partial charge in [-0.1, -0.05) is 78.0 Å². The lowest BCUT2D eigenvalue weighted by atomic mass is 9.75. The van der Waals surface area contributed by atoms with E-state index in [4.69, 9.17) is 33.5 Å². The number of ether oxygens (including phenoxy) is 6. The van der Waals surface area contributed by atoms with Gasteiger partial charge in [-0.2, -0.15) is 0 Å². The van der Waals surface area contributed by atoms with Gasteiger partial charge in [0.25, 0.3) is 11.7 Å². The Labute approximate surface area is 405 Å². The molecule has 16 atom stereocenters. The number of fused-ring (bicyclic) bond motifs is 5. The molecule has 3 N–H and O–H groups in total. The number of hydrogen-bond donors (Lipinski definition) is 3. The minimum absolute atomic E-state index is 0.108. The number of rotatable bonds is 5. The number of allylic oxidation sites excluding steroid dienone is 6. The predicted octanol–water partition coefficient (Wildman–Crippen LogP) is 7.38. The third-order valence-electron chi connectivity index (χ3n) is 15.1. The zero-order valence-electron chi connectivity index (χ0n) is 42.6. The number of amides is 1. The van der Waals surface area contributed by atoms with Gasteiger partial charge in [0.2, 0.25) is 5.79 Å². The molecule has 5 rings (SSSR count). The van der Waals surface area contributed by atoms with Crippen molar-refractivity contribution in [1.29, 1.82) is 0 Å². The lowest BCUT2D eigenvalue weighted by Crippen LogP contribution is -2.61. The van der Waals surface area contributed by atoms with Crippen LogP contribution < -0.4 is 0 Å². The molecule has 0 aromatic carbocycles. The first-order valence-electron chi connectivity index (χ1n) is 25.0. The highest BCUT2D eigenvalue weighted by Crippen LogP contribution is 2.39. The molecule has 1 aliphatic carbocycles. The van der Waals surface area contributed by atoms with E-state index in [2.05, 4.69) is 13.0 Å². The quantitative estimate of drug-likeness (QED) is 0.140. The highest BCUT2D eigenvalue weighted by Gasteiger charge is 2.53. The van der Waals surface area contributed by atoms with Crippen LogP contribution in [0, 0.1) is 41.4 Å². The van der Waals surface area contributed by atoms with E-state index in [1.807, 2.05) is 52.0 Å². The molecule has 4 heterocycles. The topological polar surface area (TPSA) is 205 Å². The van der Waals surface area contributed by atoms with Crippen LogP contribution in [0.5, 0.6) is 0 Å². The minimum atomic E-state index is -2.41. The third-order valence-corrected chi connectivity index (χ3v) is 15.1. The van der Waals surface area contributed by atoms with Gasteiger partial charge in [-0.25, -0.2) is 9.59 Å². The number of methoxy groups -OCH3 is 2. The highest BCUT2D eigenvalue weighted by atomic mass is 16.8. The van der Waals surface area contributed by atoms with Crippen LogP contribution in [0.25, 0.3) is 0 Å². The van der Waals surface area contributed by atoms with Crippen LogP contribution >= 0.6 is 0 Å². The maximum atomic E-state index is 14.4. The van der Waals surface area contributed by atoms with Crippen molar-refractivity contribution < 1.29 is 67.7 Å². The Bertz CT molecular complexity index is 1830. The minimum Gasteiger partial charge on any atom is -0.460 e. The number of carbonyl (C=O) groups is 5. The maximum Gasteiger partial charge on any atom is 0.509 e. The number of cyclic esters (lactones) is 1. The number of piperidine rings is 1. The number of aliphatic hydroxyl groups is 3. The van der Waals surface area contributed by atoms with Crippen molar-refractivity contribution >= 4 is 29.6 Å². The number of ketones is 2. The molecule has 0 aromatic heterocycles. The van der Waals surface area contributed by atoms with Crippen molar-refractivity contribution in [2.45, 2.75) is 187 Å². The molecule has 4 fully saturated rings. The van der Waals surface area contributed by atoms with E-state index >= 15 is 0 Å². The summed E-state index contributed by atoms with van der Waals surface area (Å²) in [7, 11) is 4.14. The lowest BCUT2D eigenvalue weighted by molar-refractivity contribution is -0.265. The molecule has 15 nitrogen and oxygen atoms in total. The molecule has 0 aromatic rings. The molecule has 4 aliphatic heterocycles. The van der Waals surface area contributed by atoms with Crippen molar-refractivity contribution in [3.63, 3.8) is 0 Å². The number of aliphatic hydroxyl groups excluding tert-OH is 2. The van der Waals surface area contributed by atoms with Gasteiger partial charge in [-0.05, 0) is 119 Å². The number of esters is 1. The molecule has 1 saturated carbocycles. The van der Waals surface area contributed by atoms with Crippen LogP contribution in [0.15, 0.2) is 47.6 Å². The zero-order valence-corrected chi connectivity index (χ0v) is 42.6. The average Bonchev–Trinajstić information content (AvgIpc) is 3.31. The molecular formula is C53H83NO14. The van der Waals surface area contributed by atoms with Crippen LogP contribution in [0.1, 0.15) is 132 Å². The molecule has 15 heteroatoms. The van der Waals surface area contributed by atoms with Gasteiger partial charge >= 0.3 is 12.1 Å².